The van der Waals surface area contributed by atoms with Gasteiger partial charge >= 0.3 is 6.09 Å². The predicted octanol–water partition coefficient (Wildman–Crippen LogP) is 5.43. The number of hydrogen-bond acceptors (Lipinski definition) is 5. The zero-order valence-electron chi connectivity index (χ0n) is 15.7. The fourth-order valence-corrected chi connectivity index (χ4v) is 4.22. The second-order valence-corrected chi connectivity index (χ2v) is 7.91. The van der Waals surface area contributed by atoms with Crippen LogP contribution in [0.1, 0.15) is 37.4 Å². The van der Waals surface area contributed by atoms with E-state index in [9.17, 15) is 14.4 Å². The summed E-state index contributed by atoms with van der Waals surface area (Å²) < 4.78 is 5.28. The lowest BCUT2D eigenvalue weighted by Gasteiger charge is -2.18. The van der Waals surface area contributed by atoms with E-state index in [4.69, 9.17) is 4.74 Å². The van der Waals surface area contributed by atoms with Crippen molar-refractivity contribution in [3.05, 3.63) is 99.9 Å². The molecule has 146 valence electrons. The molecule has 0 bridgehead atoms. The van der Waals surface area contributed by atoms with Crippen molar-refractivity contribution in [1.82, 2.24) is 0 Å². The van der Waals surface area contributed by atoms with Crippen LogP contribution in [-0.2, 0) is 11.3 Å². The van der Waals surface area contributed by atoms with Crippen LogP contribution in [-0.4, -0.2) is 17.7 Å². The number of fused-ring (bicyclic) bond motifs is 3. The van der Waals surface area contributed by atoms with Crippen molar-refractivity contribution in [3.63, 3.8) is 0 Å². The monoisotopic (exact) mass is 413 g/mol. The molecule has 1 aromatic heterocycles. The third kappa shape index (κ3) is 3.17. The van der Waals surface area contributed by atoms with Gasteiger partial charge in [0.1, 0.15) is 6.61 Å². The van der Waals surface area contributed by atoms with Crippen molar-refractivity contribution in [3.8, 4) is 0 Å². The van der Waals surface area contributed by atoms with E-state index in [-0.39, 0.29) is 18.2 Å². The molecule has 1 amide bonds. The highest BCUT2D eigenvalue weighted by Crippen LogP contribution is 2.31. The predicted molar refractivity (Wildman–Crippen MR) is 115 cm³/mol. The molecule has 0 radical (unpaired) electrons. The van der Waals surface area contributed by atoms with Gasteiger partial charge in [-0.15, -0.1) is 11.3 Å². The Bertz CT molecular complexity index is 1320. The number of rotatable bonds is 3. The Kier molecular flexibility index (Phi) is 4.41. The molecule has 1 aliphatic rings. The number of benzene rings is 3. The number of thiophene rings is 1. The Labute approximate surface area is 175 Å². The summed E-state index contributed by atoms with van der Waals surface area (Å²) in [5, 5.41) is 6.91. The van der Waals surface area contributed by atoms with Gasteiger partial charge in [-0.25, -0.2) is 4.79 Å². The van der Waals surface area contributed by atoms with Gasteiger partial charge in [-0.05, 0) is 52.0 Å². The molecule has 4 aromatic rings. The first-order chi connectivity index (χ1) is 14.6. The highest BCUT2D eigenvalue weighted by molar-refractivity contribution is 7.14. The average molecular weight is 413 g/mol. The van der Waals surface area contributed by atoms with Gasteiger partial charge in [0.25, 0.3) is 0 Å². The molecule has 0 saturated carbocycles. The molecule has 0 spiro atoms. The van der Waals surface area contributed by atoms with Crippen LogP contribution in [0.15, 0.2) is 72.1 Å². The number of hydrogen-bond donors (Lipinski definition) is 1. The van der Waals surface area contributed by atoms with Gasteiger partial charge in [-0.3, -0.25) is 14.9 Å². The first-order valence-corrected chi connectivity index (χ1v) is 10.2. The Morgan fingerprint density at radius 1 is 0.800 bits per heavy atom. The number of amides is 1. The number of carbonyl (C=O) groups excluding carboxylic acids is 3. The number of ether oxygens (including phenoxy) is 1. The lowest BCUT2D eigenvalue weighted by Crippen LogP contribution is -2.20. The number of anilines is 1. The molecule has 0 fully saturated rings. The smallest absolute Gasteiger partial charge is 0.412 e. The summed E-state index contributed by atoms with van der Waals surface area (Å²) in [6.45, 7) is 0.0972. The van der Waals surface area contributed by atoms with Gasteiger partial charge in [0.15, 0.2) is 11.6 Å². The van der Waals surface area contributed by atoms with E-state index < -0.39 is 6.09 Å². The van der Waals surface area contributed by atoms with Gasteiger partial charge in [0, 0.05) is 22.3 Å². The summed E-state index contributed by atoms with van der Waals surface area (Å²) >= 11 is 1.41. The second-order valence-electron chi connectivity index (χ2n) is 6.96. The van der Waals surface area contributed by atoms with Crippen LogP contribution < -0.4 is 5.32 Å². The van der Waals surface area contributed by atoms with Crippen molar-refractivity contribution in [2.45, 2.75) is 6.61 Å². The van der Waals surface area contributed by atoms with Crippen LogP contribution in [0.4, 0.5) is 9.80 Å². The Morgan fingerprint density at radius 3 is 2.17 bits per heavy atom. The highest BCUT2D eigenvalue weighted by atomic mass is 32.1. The molecule has 1 N–H and O–H groups in total. The largest absolute Gasteiger partial charge is 0.444 e. The summed E-state index contributed by atoms with van der Waals surface area (Å²) in [6, 6.07) is 19.6. The van der Waals surface area contributed by atoms with Crippen molar-refractivity contribution in [2.24, 2.45) is 0 Å². The maximum atomic E-state index is 12.9. The Hall–Kier alpha value is -3.77. The third-order valence-corrected chi connectivity index (χ3v) is 5.85. The molecule has 1 aliphatic carbocycles. The van der Waals surface area contributed by atoms with Crippen LogP contribution in [0, 0.1) is 0 Å². The molecule has 0 saturated heterocycles. The van der Waals surface area contributed by atoms with Crippen molar-refractivity contribution < 1.29 is 19.1 Å². The minimum atomic E-state index is -0.527. The highest BCUT2D eigenvalue weighted by Gasteiger charge is 2.29. The lowest BCUT2D eigenvalue weighted by atomic mass is 9.83. The Morgan fingerprint density at radius 2 is 1.50 bits per heavy atom. The van der Waals surface area contributed by atoms with Crippen LogP contribution >= 0.6 is 11.3 Å². The van der Waals surface area contributed by atoms with Crippen LogP contribution in [0.3, 0.4) is 0 Å². The molecule has 0 unspecified atom stereocenters. The summed E-state index contributed by atoms with van der Waals surface area (Å²) in [5.41, 5.74) is 2.49. The average Bonchev–Trinajstić information content (AvgIpc) is 3.28. The molecular weight excluding hydrogens is 398 g/mol. The lowest BCUT2D eigenvalue weighted by molar-refractivity contribution is 0.0979. The number of carbonyl (C=O) groups is 3. The third-order valence-electron chi connectivity index (χ3n) is 5.06. The topological polar surface area (TPSA) is 72.5 Å². The molecule has 1 heterocycles. The molecule has 0 atom stereocenters. The van der Waals surface area contributed by atoms with Crippen LogP contribution in [0.5, 0.6) is 0 Å². The quantitative estimate of drug-likeness (QED) is 0.428. The maximum Gasteiger partial charge on any atom is 0.412 e. The van der Waals surface area contributed by atoms with Gasteiger partial charge in [-0.1, -0.05) is 36.4 Å². The molecular formula is C24H15NO4S. The normalized spacial score (nSPS) is 12.4. The SMILES string of the molecule is O=C(Nc1cccs1)OCc1ccc2cc3c(cc2c1)C(=O)c1ccccc1C3=O. The van der Waals surface area contributed by atoms with Crippen molar-refractivity contribution in [1.29, 1.82) is 0 Å². The first-order valence-electron chi connectivity index (χ1n) is 9.32. The van der Waals surface area contributed by atoms with E-state index in [1.807, 2.05) is 29.6 Å². The molecule has 3 aromatic carbocycles. The molecule has 5 rings (SSSR count). The number of nitrogens with one attached hydrogen (secondary N) is 1. The van der Waals surface area contributed by atoms with Gasteiger partial charge in [0.05, 0.1) is 5.00 Å². The number of ketones is 2. The zero-order chi connectivity index (χ0) is 20.7. The fourth-order valence-electron chi connectivity index (χ4n) is 3.62. The molecule has 6 heteroatoms. The maximum absolute atomic E-state index is 12.9. The standard InChI is InChI=1S/C24H15NO4S/c26-22-17-4-1-2-5-18(17)23(27)20-12-16-10-14(7-8-15(16)11-19(20)22)13-29-24(28)25-21-6-3-9-30-21/h1-12H,13H2,(H,25,28). The van der Waals surface area contributed by atoms with Gasteiger partial charge in [0.2, 0.25) is 0 Å². The van der Waals surface area contributed by atoms with E-state index in [0.29, 0.717) is 27.3 Å². The minimum absolute atomic E-state index is 0.0972. The molecule has 0 aliphatic heterocycles. The minimum Gasteiger partial charge on any atom is -0.444 e. The van der Waals surface area contributed by atoms with E-state index in [1.54, 1.807) is 42.5 Å². The summed E-state index contributed by atoms with van der Waals surface area (Å²) in [6.07, 6.45) is -0.527. The van der Waals surface area contributed by atoms with E-state index in [0.717, 1.165) is 16.3 Å². The van der Waals surface area contributed by atoms with E-state index in [1.165, 1.54) is 11.3 Å². The van der Waals surface area contributed by atoms with Crippen molar-refractivity contribution >= 4 is 44.8 Å². The Balaban J connectivity index is 1.42. The zero-order valence-corrected chi connectivity index (χ0v) is 16.5. The van der Waals surface area contributed by atoms with Crippen molar-refractivity contribution in [2.75, 3.05) is 5.32 Å². The molecule has 5 nitrogen and oxygen atoms in total. The summed E-state index contributed by atoms with van der Waals surface area (Å²) in [7, 11) is 0. The van der Waals surface area contributed by atoms with Gasteiger partial charge < -0.3 is 4.74 Å². The van der Waals surface area contributed by atoms with Crippen LogP contribution in [0.25, 0.3) is 10.8 Å². The summed E-state index contributed by atoms with van der Waals surface area (Å²) in [4.78, 5) is 37.7. The molecule has 30 heavy (non-hydrogen) atoms. The fraction of sp³-hybridized carbons (Fsp3) is 0.0417. The van der Waals surface area contributed by atoms with E-state index in [2.05, 4.69) is 5.32 Å². The van der Waals surface area contributed by atoms with Crippen LogP contribution in [0.2, 0.25) is 0 Å². The summed E-state index contributed by atoms with van der Waals surface area (Å²) in [5.74, 6) is -0.293. The first kappa shape index (κ1) is 18.3. The van der Waals surface area contributed by atoms with Gasteiger partial charge in [-0.2, -0.15) is 0 Å². The van der Waals surface area contributed by atoms with E-state index >= 15 is 0 Å². The second kappa shape index (κ2) is 7.24.